The molecule has 0 saturated carbocycles. The molecule has 2 unspecified atom stereocenters. The molecule has 2 aliphatic rings. The van der Waals surface area contributed by atoms with E-state index in [-0.39, 0.29) is 23.7 Å². The number of H-pyrrole nitrogens is 1. The van der Waals surface area contributed by atoms with Gasteiger partial charge in [-0.1, -0.05) is 48.6 Å². The Morgan fingerprint density at radius 1 is 1.03 bits per heavy atom. The van der Waals surface area contributed by atoms with E-state index in [1.807, 2.05) is 35.2 Å². The fourth-order valence-electron chi connectivity index (χ4n) is 5.46. The second kappa shape index (κ2) is 10.4. The van der Waals surface area contributed by atoms with Gasteiger partial charge in [-0.2, -0.15) is 0 Å². The van der Waals surface area contributed by atoms with Crippen LogP contribution in [0.5, 0.6) is 0 Å². The largest absolute Gasteiger partial charge is 0.375 e. The number of aromatic amines is 1. The number of fused-ring (bicyclic) bond motifs is 3. The number of amides is 2. The van der Waals surface area contributed by atoms with E-state index in [1.54, 1.807) is 0 Å². The lowest BCUT2D eigenvalue weighted by atomic mass is 9.81. The van der Waals surface area contributed by atoms with Crippen LogP contribution in [0.2, 0.25) is 0 Å². The molecule has 2 amide bonds. The van der Waals surface area contributed by atoms with Crippen LogP contribution in [-0.2, 0) is 22.6 Å². The van der Waals surface area contributed by atoms with Crippen LogP contribution >= 0.6 is 0 Å². The fraction of sp³-hybridized carbons (Fsp3) is 0.379. The molecular formula is C29H34N4O2. The Hall–Kier alpha value is -3.54. The van der Waals surface area contributed by atoms with E-state index >= 15 is 0 Å². The third-order valence-electron chi connectivity index (χ3n) is 7.45. The minimum atomic E-state index is -0.302. The van der Waals surface area contributed by atoms with Crippen LogP contribution in [0.25, 0.3) is 10.9 Å². The Kier molecular flexibility index (Phi) is 6.89. The summed E-state index contributed by atoms with van der Waals surface area (Å²) in [5.41, 5.74) is 4.74. The number of benzene rings is 2. The van der Waals surface area contributed by atoms with Gasteiger partial charge in [0, 0.05) is 49.0 Å². The molecule has 0 radical (unpaired) electrons. The number of para-hydroxylation sites is 2. The number of nitrogens with one attached hydrogen (secondary N) is 2. The van der Waals surface area contributed by atoms with Gasteiger partial charge in [0.25, 0.3) is 0 Å². The molecule has 0 bridgehead atoms. The lowest BCUT2D eigenvalue weighted by Gasteiger charge is -2.34. The van der Waals surface area contributed by atoms with Gasteiger partial charge in [0.05, 0.1) is 18.4 Å². The number of aromatic nitrogens is 1. The Labute approximate surface area is 207 Å². The van der Waals surface area contributed by atoms with E-state index in [1.165, 1.54) is 16.6 Å². The predicted molar refractivity (Wildman–Crippen MR) is 140 cm³/mol. The van der Waals surface area contributed by atoms with Gasteiger partial charge in [0.2, 0.25) is 11.8 Å². The molecule has 0 fully saturated rings. The van der Waals surface area contributed by atoms with Crippen molar-refractivity contribution in [1.29, 1.82) is 0 Å². The lowest BCUT2D eigenvalue weighted by Crippen LogP contribution is -2.46. The molecule has 2 N–H and O–H groups in total. The summed E-state index contributed by atoms with van der Waals surface area (Å²) in [4.78, 5) is 34.3. The van der Waals surface area contributed by atoms with Gasteiger partial charge in [-0.25, -0.2) is 0 Å². The van der Waals surface area contributed by atoms with E-state index in [4.69, 9.17) is 0 Å². The average molecular weight is 471 g/mol. The van der Waals surface area contributed by atoms with E-state index < -0.39 is 0 Å². The molecule has 182 valence electrons. The molecule has 2 heterocycles. The monoisotopic (exact) mass is 470 g/mol. The van der Waals surface area contributed by atoms with Crippen LogP contribution in [0, 0.1) is 11.8 Å². The molecule has 5 rings (SSSR count). The van der Waals surface area contributed by atoms with Crippen LogP contribution in [0.1, 0.15) is 30.5 Å². The summed E-state index contributed by atoms with van der Waals surface area (Å²) in [7, 11) is 2.06. The maximum atomic E-state index is 13.6. The molecule has 0 saturated heterocycles. The molecule has 1 aromatic heterocycles. The van der Waals surface area contributed by atoms with Gasteiger partial charge in [0.15, 0.2) is 0 Å². The van der Waals surface area contributed by atoms with Crippen molar-refractivity contribution in [3.05, 3.63) is 78.0 Å². The van der Waals surface area contributed by atoms with Crippen molar-refractivity contribution in [3.63, 3.8) is 0 Å². The second-order valence-corrected chi connectivity index (χ2v) is 9.69. The fourth-order valence-corrected chi connectivity index (χ4v) is 5.46. The zero-order chi connectivity index (χ0) is 24.2. The normalized spacial score (nSPS) is 19.4. The maximum absolute atomic E-state index is 13.6. The number of hydrogen-bond acceptors (Lipinski definition) is 3. The summed E-state index contributed by atoms with van der Waals surface area (Å²) in [6, 6.07) is 18.6. The van der Waals surface area contributed by atoms with Crippen molar-refractivity contribution < 1.29 is 9.59 Å². The van der Waals surface area contributed by atoms with Gasteiger partial charge in [0.1, 0.15) is 0 Å². The SMILES string of the molecule is CN(CCCNC(=O)C1CC=CCC1C(=O)N1CCc2c([nH]c3ccccc23)C1)c1ccccc1. The van der Waals surface area contributed by atoms with Gasteiger partial charge in [-0.3, -0.25) is 9.59 Å². The molecule has 2 aromatic carbocycles. The Balaban J connectivity index is 1.17. The maximum Gasteiger partial charge on any atom is 0.227 e. The number of nitrogens with zero attached hydrogens (tertiary/aromatic N) is 2. The summed E-state index contributed by atoms with van der Waals surface area (Å²) < 4.78 is 0. The highest BCUT2D eigenvalue weighted by Gasteiger charge is 2.37. The summed E-state index contributed by atoms with van der Waals surface area (Å²) in [6.07, 6.45) is 7.05. The standard InChI is InChI=1S/C29H34N4O2/c1-32(21-10-3-2-4-11-21)18-9-17-30-28(34)24-13-5-6-14-25(24)29(35)33-19-16-23-22-12-7-8-15-26(22)31-27(23)20-33/h2-8,10-12,15,24-25,31H,9,13-14,16-20H2,1H3,(H,30,34). The smallest absolute Gasteiger partial charge is 0.227 e. The van der Waals surface area contributed by atoms with E-state index in [0.717, 1.165) is 30.6 Å². The molecule has 0 spiro atoms. The topological polar surface area (TPSA) is 68.4 Å². The zero-order valence-electron chi connectivity index (χ0n) is 20.4. The lowest BCUT2D eigenvalue weighted by molar-refractivity contribution is -0.143. The minimum absolute atomic E-state index is 0.00150. The summed E-state index contributed by atoms with van der Waals surface area (Å²) in [5, 5.41) is 4.36. The summed E-state index contributed by atoms with van der Waals surface area (Å²) >= 11 is 0. The van der Waals surface area contributed by atoms with Gasteiger partial charge >= 0.3 is 0 Å². The Morgan fingerprint density at radius 2 is 1.77 bits per heavy atom. The summed E-state index contributed by atoms with van der Waals surface area (Å²) in [5.74, 6) is -0.498. The highest BCUT2D eigenvalue weighted by molar-refractivity contribution is 5.89. The van der Waals surface area contributed by atoms with Crippen LogP contribution in [0.3, 0.4) is 0 Å². The highest BCUT2D eigenvalue weighted by atomic mass is 16.2. The van der Waals surface area contributed by atoms with Crippen molar-refractivity contribution in [2.45, 2.75) is 32.2 Å². The minimum Gasteiger partial charge on any atom is -0.375 e. The Bertz CT molecular complexity index is 1220. The number of rotatable bonds is 7. The summed E-state index contributed by atoms with van der Waals surface area (Å²) in [6.45, 7) is 2.76. The van der Waals surface area contributed by atoms with Gasteiger partial charge in [-0.15, -0.1) is 0 Å². The number of carbonyl (C=O) groups is 2. The quantitative estimate of drug-likeness (QED) is 0.400. The third-order valence-corrected chi connectivity index (χ3v) is 7.45. The van der Waals surface area contributed by atoms with E-state index in [2.05, 4.69) is 58.7 Å². The second-order valence-electron chi connectivity index (χ2n) is 9.69. The average Bonchev–Trinajstić information content (AvgIpc) is 3.29. The molecule has 6 nitrogen and oxygen atoms in total. The van der Waals surface area contributed by atoms with Gasteiger partial charge in [-0.05, 0) is 49.4 Å². The molecule has 1 aliphatic carbocycles. The zero-order valence-corrected chi connectivity index (χ0v) is 20.4. The first-order chi connectivity index (χ1) is 17.1. The van der Waals surface area contributed by atoms with Crippen LogP contribution in [-0.4, -0.2) is 48.4 Å². The number of hydrogen-bond donors (Lipinski definition) is 2. The van der Waals surface area contributed by atoms with Crippen molar-refractivity contribution in [3.8, 4) is 0 Å². The first-order valence-electron chi connectivity index (χ1n) is 12.7. The van der Waals surface area contributed by atoms with Crippen molar-refractivity contribution in [2.75, 3.05) is 31.6 Å². The predicted octanol–water partition coefficient (Wildman–Crippen LogP) is 4.28. The molecule has 3 aromatic rings. The van der Waals surface area contributed by atoms with Crippen molar-refractivity contribution in [1.82, 2.24) is 15.2 Å². The van der Waals surface area contributed by atoms with Gasteiger partial charge < -0.3 is 20.1 Å². The van der Waals surface area contributed by atoms with Crippen molar-refractivity contribution in [2.24, 2.45) is 11.8 Å². The first kappa shape index (κ1) is 23.2. The molecule has 1 aliphatic heterocycles. The molecule has 2 atom stereocenters. The van der Waals surface area contributed by atoms with E-state index in [0.29, 0.717) is 32.5 Å². The highest BCUT2D eigenvalue weighted by Crippen LogP contribution is 2.32. The number of allylic oxidation sites excluding steroid dienone is 2. The molecule has 35 heavy (non-hydrogen) atoms. The Morgan fingerprint density at radius 3 is 2.60 bits per heavy atom. The molecule has 6 heteroatoms. The van der Waals surface area contributed by atoms with E-state index in [9.17, 15) is 9.59 Å². The number of carbonyl (C=O) groups excluding carboxylic acids is 2. The van der Waals surface area contributed by atoms with Crippen LogP contribution in [0.15, 0.2) is 66.7 Å². The van der Waals surface area contributed by atoms with Crippen molar-refractivity contribution >= 4 is 28.4 Å². The van der Waals surface area contributed by atoms with Crippen LogP contribution < -0.4 is 10.2 Å². The van der Waals surface area contributed by atoms with Crippen LogP contribution in [0.4, 0.5) is 5.69 Å². The first-order valence-corrected chi connectivity index (χ1v) is 12.7. The number of anilines is 1. The third kappa shape index (κ3) is 4.97. The molecular weight excluding hydrogens is 436 g/mol.